The maximum atomic E-state index is 13.1. The van der Waals surface area contributed by atoms with E-state index < -0.39 is 17.7 Å². The fourth-order valence-corrected chi connectivity index (χ4v) is 4.05. The lowest BCUT2D eigenvalue weighted by Gasteiger charge is -2.12. The maximum absolute atomic E-state index is 13.1. The van der Waals surface area contributed by atoms with Gasteiger partial charge < -0.3 is 4.74 Å². The van der Waals surface area contributed by atoms with Gasteiger partial charge in [-0.05, 0) is 56.3 Å². The van der Waals surface area contributed by atoms with E-state index in [0.29, 0.717) is 16.3 Å². The van der Waals surface area contributed by atoms with Gasteiger partial charge in [-0.15, -0.1) is 0 Å². The number of aryl methyl sites for hydroxylation is 2. The van der Waals surface area contributed by atoms with Crippen molar-refractivity contribution in [1.29, 1.82) is 0 Å². The van der Waals surface area contributed by atoms with Crippen molar-refractivity contribution in [3.05, 3.63) is 101 Å². The summed E-state index contributed by atoms with van der Waals surface area (Å²) < 4.78 is 46.5. The molecular formula is C25H19F3N2O2S. The molecule has 4 rings (SSSR count). The predicted molar refractivity (Wildman–Crippen MR) is 120 cm³/mol. The Balaban J connectivity index is 1.75. The van der Waals surface area contributed by atoms with Gasteiger partial charge in [-0.3, -0.25) is 0 Å². The molecule has 33 heavy (non-hydrogen) atoms. The zero-order chi connectivity index (χ0) is 23.6. The van der Waals surface area contributed by atoms with Gasteiger partial charge >= 0.3 is 12.1 Å². The van der Waals surface area contributed by atoms with Gasteiger partial charge in [0.05, 0.1) is 27.4 Å². The van der Waals surface area contributed by atoms with Gasteiger partial charge in [0.2, 0.25) is 5.88 Å². The highest BCUT2D eigenvalue weighted by molar-refractivity contribution is 7.99. The lowest BCUT2D eigenvalue weighted by atomic mass is 10.1. The number of para-hydroxylation sites is 1. The summed E-state index contributed by atoms with van der Waals surface area (Å²) in [6.45, 7) is 3.77. The first-order valence-electron chi connectivity index (χ1n) is 10.0. The van der Waals surface area contributed by atoms with Crippen LogP contribution in [0.25, 0.3) is 5.69 Å². The first-order chi connectivity index (χ1) is 15.7. The maximum Gasteiger partial charge on any atom is 0.416 e. The summed E-state index contributed by atoms with van der Waals surface area (Å²) in [5.41, 5.74) is 1.26. The van der Waals surface area contributed by atoms with Gasteiger partial charge in [0.1, 0.15) is 0 Å². The molecule has 0 N–H and O–H groups in total. The number of esters is 1. The third-order valence-corrected chi connectivity index (χ3v) is 6.00. The number of hydrogen-bond donors (Lipinski definition) is 0. The number of rotatable bonds is 5. The molecule has 1 heterocycles. The summed E-state index contributed by atoms with van der Waals surface area (Å²) in [6.07, 6.45) is -4.56. The summed E-state index contributed by atoms with van der Waals surface area (Å²) in [6, 6.07) is 21.1. The number of hydrogen-bond acceptors (Lipinski definition) is 4. The molecule has 0 unspecified atom stereocenters. The van der Waals surface area contributed by atoms with E-state index in [4.69, 9.17) is 4.74 Å². The largest absolute Gasteiger partial charge is 0.416 e. The smallest absolute Gasteiger partial charge is 0.402 e. The highest BCUT2D eigenvalue weighted by atomic mass is 32.2. The highest BCUT2D eigenvalue weighted by Gasteiger charge is 2.31. The zero-order valence-electron chi connectivity index (χ0n) is 17.8. The lowest BCUT2D eigenvalue weighted by Crippen LogP contribution is -2.14. The normalized spacial score (nSPS) is 11.4. The van der Waals surface area contributed by atoms with E-state index >= 15 is 0 Å². The molecule has 0 atom stereocenters. The van der Waals surface area contributed by atoms with Gasteiger partial charge in [-0.2, -0.15) is 23.0 Å². The Morgan fingerprint density at radius 1 is 0.939 bits per heavy atom. The minimum Gasteiger partial charge on any atom is -0.402 e. The second-order valence-electron chi connectivity index (χ2n) is 7.35. The fourth-order valence-electron chi connectivity index (χ4n) is 3.14. The highest BCUT2D eigenvalue weighted by Crippen LogP contribution is 2.39. The first-order valence-corrected chi connectivity index (χ1v) is 10.8. The van der Waals surface area contributed by atoms with Crippen molar-refractivity contribution in [3.8, 4) is 11.6 Å². The van der Waals surface area contributed by atoms with Crippen molar-refractivity contribution >= 4 is 17.7 Å². The number of aromatic nitrogens is 2. The molecular weight excluding hydrogens is 449 g/mol. The number of nitrogens with zero attached hydrogens (tertiary/aromatic N) is 2. The topological polar surface area (TPSA) is 44.1 Å². The summed E-state index contributed by atoms with van der Waals surface area (Å²) in [5, 5.41) is 4.54. The Morgan fingerprint density at radius 2 is 1.64 bits per heavy atom. The molecule has 0 amide bonds. The molecule has 0 bridgehead atoms. The van der Waals surface area contributed by atoms with Crippen LogP contribution in [-0.2, 0) is 6.18 Å². The first kappa shape index (κ1) is 22.7. The van der Waals surface area contributed by atoms with Crippen LogP contribution in [0.2, 0.25) is 0 Å². The van der Waals surface area contributed by atoms with Gasteiger partial charge in [0.25, 0.3) is 0 Å². The Kier molecular flexibility index (Phi) is 6.29. The molecule has 3 aromatic carbocycles. The van der Waals surface area contributed by atoms with Crippen molar-refractivity contribution in [1.82, 2.24) is 9.78 Å². The fraction of sp³-hybridized carbons (Fsp3) is 0.120. The number of halogens is 3. The van der Waals surface area contributed by atoms with E-state index in [1.807, 2.05) is 49.4 Å². The molecule has 0 aliphatic carbocycles. The lowest BCUT2D eigenvalue weighted by molar-refractivity contribution is -0.137. The van der Waals surface area contributed by atoms with E-state index in [9.17, 15) is 18.0 Å². The third kappa shape index (κ3) is 5.12. The van der Waals surface area contributed by atoms with Crippen LogP contribution in [0, 0.1) is 13.8 Å². The average molecular weight is 469 g/mol. The van der Waals surface area contributed by atoms with Crippen LogP contribution in [0.4, 0.5) is 13.2 Å². The number of carbonyl (C=O) groups is 1. The Bertz CT molecular complexity index is 1280. The van der Waals surface area contributed by atoms with Crippen molar-refractivity contribution < 1.29 is 22.7 Å². The molecule has 0 spiro atoms. The molecule has 4 nitrogen and oxygen atoms in total. The predicted octanol–water partition coefficient (Wildman–Crippen LogP) is 6.88. The zero-order valence-corrected chi connectivity index (χ0v) is 18.6. The minimum atomic E-state index is -4.56. The summed E-state index contributed by atoms with van der Waals surface area (Å²) in [4.78, 5) is 14.4. The molecule has 0 saturated heterocycles. The molecule has 0 aliphatic heterocycles. The van der Waals surface area contributed by atoms with Crippen LogP contribution in [-0.4, -0.2) is 15.7 Å². The standard InChI is InChI=1S/C25H19F3N2O2S/c1-16-11-13-21(14-12-16)33-22-17(2)29-30(20-9-4-3-5-10-20)23(22)32-24(31)18-7-6-8-19(15-18)25(26,27)28/h3-15H,1-2H3. The van der Waals surface area contributed by atoms with Crippen LogP contribution in [0.3, 0.4) is 0 Å². The molecule has 0 radical (unpaired) electrons. The Labute approximate surface area is 193 Å². The monoisotopic (exact) mass is 468 g/mol. The van der Waals surface area contributed by atoms with E-state index in [-0.39, 0.29) is 11.4 Å². The summed E-state index contributed by atoms with van der Waals surface area (Å²) in [7, 11) is 0. The van der Waals surface area contributed by atoms with Crippen molar-refractivity contribution in [3.63, 3.8) is 0 Å². The van der Waals surface area contributed by atoms with Crippen LogP contribution < -0.4 is 4.74 Å². The van der Waals surface area contributed by atoms with E-state index in [2.05, 4.69) is 5.10 Å². The average Bonchev–Trinajstić information content (AvgIpc) is 3.10. The SMILES string of the molecule is Cc1ccc(Sc2c(C)nn(-c3ccccc3)c2OC(=O)c2cccc(C(F)(F)F)c2)cc1. The number of carbonyl (C=O) groups excluding carboxylic acids is 1. The second kappa shape index (κ2) is 9.15. The van der Waals surface area contributed by atoms with Gasteiger partial charge in [-0.1, -0.05) is 53.7 Å². The van der Waals surface area contributed by atoms with E-state index in [1.54, 1.807) is 19.1 Å². The molecule has 0 aliphatic rings. The minimum absolute atomic E-state index is 0.145. The van der Waals surface area contributed by atoms with E-state index in [0.717, 1.165) is 22.6 Å². The second-order valence-corrected chi connectivity index (χ2v) is 8.43. The summed E-state index contributed by atoms with van der Waals surface area (Å²) >= 11 is 1.37. The van der Waals surface area contributed by atoms with E-state index in [1.165, 1.54) is 28.6 Å². The summed E-state index contributed by atoms with van der Waals surface area (Å²) in [5.74, 6) is -0.754. The third-order valence-electron chi connectivity index (χ3n) is 4.82. The Morgan fingerprint density at radius 3 is 2.30 bits per heavy atom. The van der Waals surface area contributed by atoms with Crippen molar-refractivity contribution in [2.75, 3.05) is 0 Å². The molecule has 0 fully saturated rings. The van der Waals surface area contributed by atoms with Gasteiger partial charge in [0.15, 0.2) is 0 Å². The quantitative estimate of drug-likeness (QED) is 0.300. The number of ether oxygens (including phenoxy) is 1. The Hall–Kier alpha value is -3.52. The van der Waals surface area contributed by atoms with Crippen LogP contribution in [0.1, 0.15) is 27.2 Å². The molecule has 8 heteroatoms. The van der Waals surface area contributed by atoms with Crippen LogP contribution >= 0.6 is 11.8 Å². The van der Waals surface area contributed by atoms with Gasteiger partial charge in [0, 0.05) is 4.90 Å². The van der Waals surface area contributed by atoms with Crippen LogP contribution in [0.15, 0.2) is 88.7 Å². The number of benzene rings is 3. The number of alkyl halides is 3. The molecule has 4 aromatic rings. The van der Waals surface area contributed by atoms with Crippen molar-refractivity contribution in [2.45, 2.75) is 29.8 Å². The van der Waals surface area contributed by atoms with Crippen molar-refractivity contribution in [2.24, 2.45) is 0 Å². The molecule has 168 valence electrons. The molecule has 0 saturated carbocycles. The van der Waals surface area contributed by atoms with Crippen LogP contribution in [0.5, 0.6) is 5.88 Å². The van der Waals surface area contributed by atoms with Gasteiger partial charge in [-0.25, -0.2) is 4.79 Å². The molecule has 1 aromatic heterocycles.